The van der Waals surface area contributed by atoms with E-state index >= 15 is 0 Å². The Morgan fingerprint density at radius 3 is 2.20 bits per heavy atom. The molecule has 0 radical (unpaired) electrons. The third-order valence-electron chi connectivity index (χ3n) is 4.85. The molecule has 4 nitrogen and oxygen atoms in total. The molecule has 120 valence electrons. The molecule has 0 unspecified atom stereocenters. The maximum atomic E-state index is 13.2. The first kappa shape index (κ1) is 14.0. The summed E-state index contributed by atoms with van der Waals surface area (Å²) >= 11 is 0. The molecule has 4 aromatic rings. The summed E-state index contributed by atoms with van der Waals surface area (Å²) in [6, 6.07) is 13.7. The van der Waals surface area contributed by atoms with Crippen LogP contribution in [-0.2, 0) is 0 Å². The van der Waals surface area contributed by atoms with E-state index in [0.717, 1.165) is 10.9 Å². The van der Waals surface area contributed by atoms with Crippen molar-refractivity contribution in [2.75, 3.05) is 0 Å². The van der Waals surface area contributed by atoms with Crippen LogP contribution in [0.5, 0.6) is 5.75 Å². The molecule has 5 rings (SSSR count). The summed E-state index contributed by atoms with van der Waals surface area (Å²) < 4.78 is 5.83. The Hall–Kier alpha value is -3.40. The molecule has 0 saturated carbocycles. The third kappa shape index (κ3) is 1.66. The molecule has 1 heterocycles. The second kappa shape index (κ2) is 4.57. The number of phenolic OH excluding ortho intramolecular Hbond substituents is 1. The zero-order valence-electron chi connectivity index (χ0n) is 13.3. The summed E-state index contributed by atoms with van der Waals surface area (Å²) in [5.74, 6) is -0.836. The highest BCUT2D eigenvalue weighted by molar-refractivity contribution is 6.35. The first-order valence-corrected chi connectivity index (χ1v) is 7.94. The van der Waals surface area contributed by atoms with Gasteiger partial charge in [0.15, 0.2) is 11.6 Å². The molecule has 0 aliphatic heterocycles. The van der Waals surface area contributed by atoms with E-state index in [-0.39, 0.29) is 28.4 Å². The summed E-state index contributed by atoms with van der Waals surface area (Å²) in [4.78, 5) is 26.1. The summed E-state index contributed by atoms with van der Waals surface area (Å²) in [7, 11) is 0. The number of hydrogen-bond donors (Lipinski definition) is 1. The molecule has 0 fully saturated rings. The van der Waals surface area contributed by atoms with E-state index in [1.54, 1.807) is 24.3 Å². The van der Waals surface area contributed by atoms with Gasteiger partial charge in [-0.1, -0.05) is 36.4 Å². The van der Waals surface area contributed by atoms with Gasteiger partial charge in [-0.3, -0.25) is 9.59 Å². The number of fused-ring (bicyclic) bond motifs is 6. The van der Waals surface area contributed by atoms with Crippen molar-refractivity contribution in [3.63, 3.8) is 0 Å². The Balaban J connectivity index is 2.03. The lowest BCUT2D eigenvalue weighted by molar-refractivity contribution is 0.0978. The lowest BCUT2D eigenvalue weighted by atomic mass is 9.81. The molecule has 1 aliphatic carbocycles. The second-order valence-corrected chi connectivity index (χ2v) is 6.27. The number of benzene rings is 3. The van der Waals surface area contributed by atoms with Gasteiger partial charge in [0.2, 0.25) is 0 Å². The van der Waals surface area contributed by atoms with Gasteiger partial charge in [-0.15, -0.1) is 0 Å². The predicted molar refractivity (Wildman–Crippen MR) is 93.4 cm³/mol. The zero-order chi connectivity index (χ0) is 17.3. The highest BCUT2D eigenvalue weighted by Gasteiger charge is 2.35. The summed E-state index contributed by atoms with van der Waals surface area (Å²) in [6.07, 6.45) is 0. The van der Waals surface area contributed by atoms with Gasteiger partial charge >= 0.3 is 0 Å². The smallest absolute Gasteiger partial charge is 0.198 e. The number of phenols is 1. The van der Waals surface area contributed by atoms with Crippen LogP contribution in [0, 0.1) is 6.92 Å². The highest BCUT2D eigenvalue weighted by Crippen LogP contribution is 2.42. The van der Waals surface area contributed by atoms with Gasteiger partial charge in [0, 0.05) is 33.5 Å². The lowest BCUT2D eigenvalue weighted by Gasteiger charge is -2.19. The Morgan fingerprint density at radius 1 is 0.800 bits per heavy atom. The molecule has 1 N–H and O–H groups in total. The van der Waals surface area contributed by atoms with Gasteiger partial charge in [-0.05, 0) is 18.6 Å². The van der Waals surface area contributed by atoms with E-state index in [9.17, 15) is 14.7 Å². The van der Waals surface area contributed by atoms with Crippen LogP contribution in [0.25, 0.3) is 21.9 Å². The van der Waals surface area contributed by atoms with Crippen LogP contribution < -0.4 is 0 Å². The van der Waals surface area contributed by atoms with Crippen LogP contribution in [0.15, 0.2) is 52.9 Å². The number of aryl methyl sites for hydroxylation is 1. The predicted octanol–water partition coefficient (Wildman–Crippen LogP) is 4.38. The molecular weight excluding hydrogens is 316 g/mol. The maximum absolute atomic E-state index is 13.2. The normalized spacial score (nSPS) is 13.3. The van der Waals surface area contributed by atoms with Gasteiger partial charge < -0.3 is 9.52 Å². The van der Waals surface area contributed by atoms with Crippen molar-refractivity contribution in [1.82, 2.24) is 0 Å². The van der Waals surface area contributed by atoms with Crippen molar-refractivity contribution in [3.8, 4) is 5.75 Å². The van der Waals surface area contributed by atoms with Crippen LogP contribution in [-0.4, -0.2) is 16.7 Å². The number of carbonyl (C=O) groups excluding carboxylic acids is 2. The van der Waals surface area contributed by atoms with E-state index in [1.165, 1.54) is 6.07 Å². The van der Waals surface area contributed by atoms with E-state index in [1.807, 2.05) is 25.1 Å². The van der Waals surface area contributed by atoms with E-state index in [2.05, 4.69) is 0 Å². The van der Waals surface area contributed by atoms with Crippen LogP contribution in [0.4, 0.5) is 0 Å². The molecule has 0 spiro atoms. The molecule has 3 aromatic carbocycles. The second-order valence-electron chi connectivity index (χ2n) is 6.27. The van der Waals surface area contributed by atoms with Crippen LogP contribution in [0.2, 0.25) is 0 Å². The number of ketones is 2. The fourth-order valence-electron chi connectivity index (χ4n) is 3.74. The molecule has 4 heteroatoms. The molecule has 1 aliphatic rings. The molecule has 0 atom stereocenters. The average molecular weight is 328 g/mol. The SMILES string of the molecule is Cc1cccc2oc3cc(O)c4c(c3c12)C(=O)c1ccccc1C4=O. The summed E-state index contributed by atoms with van der Waals surface area (Å²) in [6.45, 7) is 1.93. The topological polar surface area (TPSA) is 67.5 Å². The number of aromatic hydroxyl groups is 1. The van der Waals surface area contributed by atoms with Gasteiger partial charge in [0.1, 0.15) is 16.9 Å². The van der Waals surface area contributed by atoms with E-state index in [4.69, 9.17) is 4.42 Å². The number of furan rings is 1. The van der Waals surface area contributed by atoms with Crippen molar-refractivity contribution in [2.45, 2.75) is 6.92 Å². The number of hydrogen-bond acceptors (Lipinski definition) is 4. The van der Waals surface area contributed by atoms with Crippen LogP contribution in [0.3, 0.4) is 0 Å². The van der Waals surface area contributed by atoms with Crippen molar-refractivity contribution < 1.29 is 19.1 Å². The highest BCUT2D eigenvalue weighted by atomic mass is 16.3. The molecular formula is C21H12O4. The molecule has 0 amide bonds. The molecule has 0 bridgehead atoms. The van der Waals surface area contributed by atoms with Crippen LogP contribution in [0.1, 0.15) is 37.4 Å². The molecule has 25 heavy (non-hydrogen) atoms. The first-order chi connectivity index (χ1) is 12.1. The minimum absolute atomic E-state index is 0.0575. The standard InChI is InChI=1S/C21H12O4/c1-10-5-4-8-14-16(10)18-15(25-14)9-13(22)17-19(18)21(24)12-7-3-2-6-11(12)20(17)23/h2-9,22H,1H3. The Morgan fingerprint density at radius 2 is 1.48 bits per heavy atom. The minimum atomic E-state index is -0.340. The van der Waals surface area contributed by atoms with Crippen molar-refractivity contribution in [1.29, 1.82) is 0 Å². The van der Waals surface area contributed by atoms with E-state index in [0.29, 0.717) is 27.7 Å². The van der Waals surface area contributed by atoms with Gasteiger partial charge in [-0.2, -0.15) is 0 Å². The Labute approximate surface area is 142 Å². The maximum Gasteiger partial charge on any atom is 0.198 e. The largest absolute Gasteiger partial charge is 0.507 e. The summed E-state index contributed by atoms with van der Waals surface area (Å²) in [5.41, 5.74) is 2.94. The van der Waals surface area contributed by atoms with E-state index < -0.39 is 0 Å². The van der Waals surface area contributed by atoms with Gasteiger partial charge in [-0.25, -0.2) is 0 Å². The molecule has 1 aromatic heterocycles. The first-order valence-electron chi connectivity index (χ1n) is 7.94. The van der Waals surface area contributed by atoms with Crippen molar-refractivity contribution in [2.24, 2.45) is 0 Å². The Kier molecular flexibility index (Phi) is 2.56. The quantitative estimate of drug-likeness (QED) is 0.458. The number of rotatable bonds is 0. The summed E-state index contributed by atoms with van der Waals surface area (Å²) in [5, 5.41) is 11.8. The van der Waals surface area contributed by atoms with Gasteiger partial charge in [0.25, 0.3) is 0 Å². The monoisotopic (exact) mass is 328 g/mol. The fourth-order valence-corrected chi connectivity index (χ4v) is 3.74. The molecule has 0 saturated heterocycles. The van der Waals surface area contributed by atoms with Gasteiger partial charge in [0.05, 0.1) is 5.56 Å². The number of carbonyl (C=O) groups is 2. The van der Waals surface area contributed by atoms with Crippen LogP contribution >= 0.6 is 0 Å². The average Bonchev–Trinajstić information content (AvgIpc) is 2.98. The fraction of sp³-hybridized carbons (Fsp3) is 0.0476. The lowest BCUT2D eigenvalue weighted by Crippen LogP contribution is -2.21. The minimum Gasteiger partial charge on any atom is -0.507 e. The Bertz CT molecular complexity index is 1240. The zero-order valence-corrected chi connectivity index (χ0v) is 13.3. The van der Waals surface area contributed by atoms with Crippen molar-refractivity contribution in [3.05, 3.63) is 76.3 Å². The van der Waals surface area contributed by atoms with Crippen molar-refractivity contribution >= 4 is 33.5 Å². The third-order valence-corrected chi connectivity index (χ3v) is 4.85.